The number of aromatic nitrogens is 1. The second kappa shape index (κ2) is 7.20. The lowest BCUT2D eigenvalue weighted by Gasteiger charge is -2.20. The first-order valence-electron chi connectivity index (χ1n) is 7.41. The van der Waals surface area contributed by atoms with Gasteiger partial charge in [0.25, 0.3) is 5.91 Å². The van der Waals surface area contributed by atoms with Crippen molar-refractivity contribution in [3.8, 4) is 0 Å². The number of para-hydroxylation sites is 1. The zero-order valence-corrected chi connectivity index (χ0v) is 13.7. The van der Waals surface area contributed by atoms with Crippen molar-refractivity contribution in [1.82, 2.24) is 4.57 Å². The molecule has 2 aromatic carbocycles. The molecule has 0 radical (unpaired) electrons. The van der Waals surface area contributed by atoms with E-state index in [9.17, 15) is 4.79 Å². The maximum Gasteiger partial charge on any atom is 0.252 e. The quantitative estimate of drug-likeness (QED) is 0.705. The fourth-order valence-corrected chi connectivity index (χ4v) is 3.12. The summed E-state index contributed by atoms with van der Waals surface area (Å²) >= 11 is 1.62. The van der Waals surface area contributed by atoms with Gasteiger partial charge in [-0.05, 0) is 36.1 Å². The van der Waals surface area contributed by atoms with E-state index in [-0.39, 0.29) is 11.9 Å². The smallest absolute Gasteiger partial charge is 0.252 e. The predicted octanol–water partition coefficient (Wildman–Crippen LogP) is 4.44. The Morgan fingerprint density at radius 2 is 1.61 bits per heavy atom. The number of carbonyl (C=O) groups excluding carboxylic acids is 1. The molecule has 23 heavy (non-hydrogen) atoms. The largest absolute Gasteiger partial charge is 0.338 e. The van der Waals surface area contributed by atoms with Crippen LogP contribution in [0.4, 0.5) is 5.69 Å². The Labute approximate surface area is 140 Å². The Kier molecular flexibility index (Phi) is 4.83. The lowest BCUT2D eigenvalue weighted by molar-refractivity contribution is -0.118. The number of benzene rings is 2. The average Bonchev–Trinajstić information content (AvgIpc) is 3.10. The molecule has 3 rings (SSSR count). The SMILES string of the molecule is CSc1ccccc1NC(=O)C(c1ccccc1)n1cccc1. The van der Waals surface area contributed by atoms with Crippen molar-refractivity contribution in [2.45, 2.75) is 10.9 Å². The molecular formula is C19H18N2OS. The predicted molar refractivity (Wildman–Crippen MR) is 95.9 cm³/mol. The number of anilines is 1. The van der Waals surface area contributed by atoms with Crippen LogP contribution < -0.4 is 5.32 Å². The van der Waals surface area contributed by atoms with Gasteiger partial charge < -0.3 is 9.88 Å². The van der Waals surface area contributed by atoms with Crippen molar-refractivity contribution in [2.24, 2.45) is 0 Å². The molecule has 3 aromatic rings. The van der Waals surface area contributed by atoms with Gasteiger partial charge in [0.15, 0.2) is 0 Å². The number of hydrogen-bond acceptors (Lipinski definition) is 2. The summed E-state index contributed by atoms with van der Waals surface area (Å²) in [6.45, 7) is 0. The van der Waals surface area contributed by atoms with E-state index < -0.39 is 0 Å². The van der Waals surface area contributed by atoms with Gasteiger partial charge in [0.1, 0.15) is 6.04 Å². The van der Waals surface area contributed by atoms with Crippen LogP contribution in [0.15, 0.2) is 84.0 Å². The van der Waals surface area contributed by atoms with Crippen LogP contribution in [0.2, 0.25) is 0 Å². The van der Waals surface area contributed by atoms with E-state index in [2.05, 4.69) is 5.32 Å². The van der Waals surface area contributed by atoms with Crippen molar-refractivity contribution in [2.75, 3.05) is 11.6 Å². The molecule has 4 heteroatoms. The highest BCUT2D eigenvalue weighted by molar-refractivity contribution is 7.98. The second-order valence-corrected chi connectivity index (χ2v) is 5.98. The Hall–Kier alpha value is -2.46. The number of carbonyl (C=O) groups is 1. The lowest BCUT2D eigenvalue weighted by Crippen LogP contribution is -2.26. The fraction of sp³-hybridized carbons (Fsp3) is 0.105. The van der Waals surface area contributed by atoms with E-state index in [1.165, 1.54) is 0 Å². The minimum absolute atomic E-state index is 0.0473. The molecule has 1 amide bonds. The number of hydrogen-bond donors (Lipinski definition) is 1. The second-order valence-electron chi connectivity index (χ2n) is 5.13. The van der Waals surface area contributed by atoms with Crippen LogP contribution in [0.5, 0.6) is 0 Å². The molecule has 1 N–H and O–H groups in total. The van der Waals surface area contributed by atoms with E-state index in [0.717, 1.165) is 16.1 Å². The van der Waals surface area contributed by atoms with E-state index in [0.29, 0.717) is 0 Å². The van der Waals surface area contributed by atoms with Crippen LogP contribution in [0.3, 0.4) is 0 Å². The normalized spacial score (nSPS) is 11.9. The molecule has 116 valence electrons. The van der Waals surface area contributed by atoms with Crippen LogP contribution >= 0.6 is 11.8 Å². The van der Waals surface area contributed by atoms with Crippen molar-refractivity contribution < 1.29 is 4.79 Å². The van der Waals surface area contributed by atoms with Gasteiger partial charge in [0.05, 0.1) is 5.69 Å². The summed E-state index contributed by atoms with van der Waals surface area (Å²) in [4.78, 5) is 14.0. The monoisotopic (exact) mass is 322 g/mol. The van der Waals surface area contributed by atoms with Crippen LogP contribution in [-0.4, -0.2) is 16.7 Å². The standard InChI is InChI=1S/C19H18N2OS/c1-23-17-12-6-5-11-16(17)20-19(22)18(21-13-7-8-14-21)15-9-3-2-4-10-15/h2-14,18H,1H3,(H,20,22). The van der Waals surface area contributed by atoms with Gasteiger partial charge in [-0.25, -0.2) is 0 Å². The minimum atomic E-state index is -0.388. The molecule has 0 aliphatic heterocycles. The molecule has 0 spiro atoms. The summed E-state index contributed by atoms with van der Waals surface area (Å²) in [5, 5.41) is 3.07. The van der Waals surface area contributed by atoms with E-state index >= 15 is 0 Å². The number of nitrogens with one attached hydrogen (secondary N) is 1. The molecule has 0 fully saturated rings. The highest BCUT2D eigenvalue weighted by atomic mass is 32.2. The van der Waals surface area contributed by atoms with Crippen molar-refractivity contribution in [3.05, 3.63) is 84.7 Å². The molecule has 0 saturated heterocycles. The number of amides is 1. The van der Waals surface area contributed by atoms with Gasteiger partial charge in [-0.3, -0.25) is 4.79 Å². The number of rotatable bonds is 5. The van der Waals surface area contributed by atoms with Crippen LogP contribution in [-0.2, 0) is 4.79 Å². The highest BCUT2D eigenvalue weighted by Gasteiger charge is 2.22. The first-order chi connectivity index (χ1) is 11.3. The molecule has 3 nitrogen and oxygen atoms in total. The van der Waals surface area contributed by atoms with Gasteiger partial charge >= 0.3 is 0 Å². The maximum absolute atomic E-state index is 12.9. The molecule has 1 heterocycles. The molecule has 0 aliphatic carbocycles. The Balaban J connectivity index is 1.93. The molecule has 1 unspecified atom stereocenters. The molecular weight excluding hydrogens is 304 g/mol. The Morgan fingerprint density at radius 1 is 0.957 bits per heavy atom. The number of nitrogens with zero attached hydrogens (tertiary/aromatic N) is 1. The van der Waals surface area contributed by atoms with Gasteiger partial charge in [-0.2, -0.15) is 0 Å². The summed E-state index contributed by atoms with van der Waals surface area (Å²) in [6, 6.07) is 21.1. The first-order valence-corrected chi connectivity index (χ1v) is 8.63. The molecule has 1 atom stereocenters. The Morgan fingerprint density at radius 3 is 2.30 bits per heavy atom. The van der Waals surface area contributed by atoms with E-state index in [1.807, 2.05) is 89.9 Å². The van der Waals surface area contributed by atoms with Crippen molar-refractivity contribution in [3.63, 3.8) is 0 Å². The van der Waals surface area contributed by atoms with E-state index in [4.69, 9.17) is 0 Å². The van der Waals surface area contributed by atoms with Gasteiger partial charge in [0.2, 0.25) is 0 Å². The third-order valence-corrected chi connectivity index (χ3v) is 4.45. The maximum atomic E-state index is 12.9. The molecule has 0 saturated carbocycles. The van der Waals surface area contributed by atoms with Gasteiger partial charge in [0, 0.05) is 17.3 Å². The third-order valence-electron chi connectivity index (χ3n) is 3.65. The molecule has 0 bridgehead atoms. The zero-order valence-electron chi connectivity index (χ0n) is 12.8. The summed E-state index contributed by atoms with van der Waals surface area (Å²) in [5.74, 6) is -0.0473. The van der Waals surface area contributed by atoms with Crippen LogP contribution in [0.25, 0.3) is 0 Å². The summed E-state index contributed by atoms with van der Waals surface area (Å²) in [6.07, 6.45) is 5.83. The average molecular weight is 322 g/mol. The highest BCUT2D eigenvalue weighted by Crippen LogP contribution is 2.27. The first kappa shape index (κ1) is 15.4. The van der Waals surface area contributed by atoms with Crippen molar-refractivity contribution >= 4 is 23.4 Å². The topological polar surface area (TPSA) is 34.0 Å². The van der Waals surface area contributed by atoms with Crippen molar-refractivity contribution in [1.29, 1.82) is 0 Å². The van der Waals surface area contributed by atoms with Crippen LogP contribution in [0, 0.1) is 0 Å². The molecule has 0 aliphatic rings. The summed E-state index contributed by atoms with van der Waals surface area (Å²) in [7, 11) is 0. The Bertz CT molecular complexity index is 769. The number of thioether (sulfide) groups is 1. The fourth-order valence-electron chi connectivity index (χ4n) is 2.56. The third kappa shape index (κ3) is 3.48. The van der Waals surface area contributed by atoms with Crippen LogP contribution in [0.1, 0.15) is 11.6 Å². The van der Waals surface area contributed by atoms with Gasteiger partial charge in [-0.1, -0.05) is 42.5 Å². The summed E-state index contributed by atoms with van der Waals surface area (Å²) in [5.41, 5.74) is 1.81. The zero-order chi connectivity index (χ0) is 16.1. The van der Waals surface area contributed by atoms with Gasteiger partial charge in [-0.15, -0.1) is 11.8 Å². The molecule has 1 aromatic heterocycles. The summed E-state index contributed by atoms with van der Waals surface area (Å²) < 4.78 is 1.92. The van der Waals surface area contributed by atoms with E-state index in [1.54, 1.807) is 11.8 Å². The lowest BCUT2D eigenvalue weighted by atomic mass is 10.1. The minimum Gasteiger partial charge on any atom is -0.338 e.